The Hall–Kier alpha value is -1.56. The Kier molecular flexibility index (Phi) is 5.09. The van der Waals surface area contributed by atoms with Crippen molar-refractivity contribution in [2.75, 3.05) is 20.1 Å². The lowest BCUT2D eigenvalue weighted by Crippen LogP contribution is -2.48. The molecule has 2 heterocycles. The van der Waals surface area contributed by atoms with Crippen LogP contribution >= 0.6 is 11.3 Å². The number of carbonyl (C=O) groups excluding carboxylic acids is 2. The number of hydrogen-bond donors (Lipinski definition) is 0. The zero-order chi connectivity index (χ0) is 18.2. The molecule has 0 N–H and O–H groups in total. The molecule has 1 aliphatic heterocycles. The standard InChI is InChI=1S/C19H29N3O2S/c1-14(2)20(4)18(24)21-8-6-19(7-9-21)11-17(19)22(15(3)23)12-16-5-10-25-13-16/h5,10,13-14,17H,6-9,11-12H2,1-4H3. The summed E-state index contributed by atoms with van der Waals surface area (Å²) in [5, 5.41) is 4.18. The number of carbonyl (C=O) groups is 2. The molecule has 3 amide bonds. The van der Waals surface area contributed by atoms with Crippen LogP contribution in [0, 0.1) is 5.41 Å². The molecule has 0 aromatic carbocycles. The smallest absolute Gasteiger partial charge is 0.319 e. The van der Waals surface area contributed by atoms with E-state index in [0.29, 0.717) is 12.6 Å². The Morgan fingerprint density at radius 2 is 2.04 bits per heavy atom. The van der Waals surface area contributed by atoms with Crippen LogP contribution < -0.4 is 0 Å². The van der Waals surface area contributed by atoms with E-state index in [1.165, 1.54) is 5.56 Å². The van der Waals surface area contributed by atoms with Gasteiger partial charge in [0.2, 0.25) is 5.91 Å². The lowest BCUT2D eigenvalue weighted by molar-refractivity contribution is -0.130. The fourth-order valence-corrected chi connectivity index (χ4v) is 4.57. The van der Waals surface area contributed by atoms with Crippen molar-refractivity contribution in [1.82, 2.24) is 14.7 Å². The first-order chi connectivity index (χ1) is 11.8. The number of thiophene rings is 1. The van der Waals surface area contributed by atoms with Crippen molar-refractivity contribution in [3.8, 4) is 0 Å². The Balaban J connectivity index is 1.59. The fraction of sp³-hybridized carbons (Fsp3) is 0.684. The molecule has 1 aromatic rings. The summed E-state index contributed by atoms with van der Waals surface area (Å²) >= 11 is 1.67. The van der Waals surface area contributed by atoms with Gasteiger partial charge in [0.15, 0.2) is 0 Å². The van der Waals surface area contributed by atoms with Crippen LogP contribution in [0.5, 0.6) is 0 Å². The highest BCUT2D eigenvalue weighted by Gasteiger charge is 2.58. The molecule has 138 valence electrons. The predicted octanol–water partition coefficient (Wildman–Crippen LogP) is 3.41. The summed E-state index contributed by atoms with van der Waals surface area (Å²) in [5.74, 6) is 0.158. The van der Waals surface area contributed by atoms with Gasteiger partial charge < -0.3 is 14.7 Å². The average Bonchev–Trinajstić information content (AvgIpc) is 3.02. The second-order valence-electron chi connectivity index (χ2n) is 7.84. The van der Waals surface area contributed by atoms with Crippen molar-refractivity contribution in [2.24, 2.45) is 5.41 Å². The third kappa shape index (κ3) is 3.68. The molecular formula is C19H29N3O2S. The van der Waals surface area contributed by atoms with E-state index in [4.69, 9.17) is 0 Å². The molecule has 1 spiro atoms. The summed E-state index contributed by atoms with van der Waals surface area (Å²) in [6, 6.07) is 2.78. The number of hydrogen-bond acceptors (Lipinski definition) is 3. The molecular weight excluding hydrogens is 334 g/mol. The van der Waals surface area contributed by atoms with Crippen molar-refractivity contribution in [3.63, 3.8) is 0 Å². The molecule has 1 atom stereocenters. The quantitative estimate of drug-likeness (QED) is 0.823. The minimum absolute atomic E-state index is 0.128. The molecule has 1 aliphatic carbocycles. The summed E-state index contributed by atoms with van der Waals surface area (Å²) < 4.78 is 0. The Bertz CT molecular complexity index is 621. The number of rotatable bonds is 4. The molecule has 25 heavy (non-hydrogen) atoms. The lowest BCUT2D eigenvalue weighted by Gasteiger charge is -2.37. The summed E-state index contributed by atoms with van der Waals surface area (Å²) in [7, 11) is 1.87. The molecule has 1 saturated carbocycles. The number of piperidine rings is 1. The first-order valence-corrected chi connectivity index (χ1v) is 10.1. The van der Waals surface area contributed by atoms with Crippen molar-refractivity contribution in [1.29, 1.82) is 0 Å². The number of nitrogens with zero attached hydrogens (tertiary/aromatic N) is 3. The van der Waals surface area contributed by atoms with Gasteiger partial charge in [-0.2, -0.15) is 11.3 Å². The summed E-state index contributed by atoms with van der Waals surface area (Å²) in [6.45, 7) is 8.07. The SMILES string of the molecule is CC(=O)N(Cc1ccsc1)C1CC12CCN(C(=O)N(C)C(C)C)CC2. The van der Waals surface area contributed by atoms with Gasteiger partial charge in [-0.1, -0.05) is 0 Å². The van der Waals surface area contributed by atoms with Crippen LogP contribution in [0.2, 0.25) is 0 Å². The lowest BCUT2D eigenvalue weighted by atomic mass is 9.92. The van der Waals surface area contributed by atoms with Crippen LogP contribution in [0.25, 0.3) is 0 Å². The number of amides is 3. The first kappa shape index (κ1) is 18.2. The zero-order valence-electron chi connectivity index (χ0n) is 15.7. The minimum atomic E-state index is 0.128. The zero-order valence-corrected chi connectivity index (χ0v) is 16.5. The van der Waals surface area contributed by atoms with Gasteiger partial charge in [-0.25, -0.2) is 4.79 Å². The van der Waals surface area contributed by atoms with Crippen LogP contribution in [-0.2, 0) is 11.3 Å². The second kappa shape index (κ2) is 6.98. The number of urea groups is 1. The van der Waals surface area contributed by atoms with Gasteiger partial charge in [0.1, 0.15) is 0 Å². The topological polar surface area (TPSA) is 43.9 Å². The van der Waals surface area contributed by atoms with Crippen LogP contribution in [0.1, 0.15) is 45.6 Å². The van der Waals surface area contributed by atoms with E-state index < -0.39 is 0 Å². The molecule has 2 aliphatic rings. The highest BCUT2D eigenvalue weighted by Crippen LogP contribution is 2.57. The van der Waals surface area contributed by atoms with Crippen LogP contribution in [0.3, 0.4) is 0 Å². The van der Waals surface area contributed by atoms with E-state index in [1.54, 1.807) is 23.2 Å². The molecule has 6 heteroatoms. The Morgan fingerprint density at radius 3 is 2.56 bits per heavy atom. The fourth-order valence-electron chi connectivity index (χ4n) is 3.91. The van der Waals surface area contributed by atoms with Gasteiger partial charge in [-0.05, 0) is 60.9 Å². The Morgan fingerprint density at radius 1 is 1.36 bits per heavy atom. The van der Waals surface area contributed by atoms with Crippen molar-refractivity contribution in [3.05, 3.63) is 22.4 Å². The molecule has 5 nitrogen and oxygen atoms in total. The van der Waals surface area contributed by atoms with Crippen LogP contribution in [0.4, 0.5) is 4.79 Å². The van der Waals surface area contributed by atoms with Gasteiger partial charge in [-0.15, -0.1) is 0 Å². The van der Waals surface area contributed by atoms with Gasteiger partial charge >= 0.3 is 6.03 Å². The van der Waals surface area contributed by atoms with E-state index in [9.17, 15) is 9.59 Å². The number of likely N-dealkylation sites (tertiary alicyclic amines) is 1. The summed E-state index contributed by atoms with van der Waals surface area (Å²) in [6.07, 6.45) is 3.09. The van der Waals surface area contributed by atoms with Gasteiger partial charge in [-0.3, -0.25) is 4.79 Å². The van der Waals surface area contributed by atoms with Crippen LogP contribution in [0.15, 0.2) is 16.8 Å². The molecule has 1 saturated heterocycles. The maximum absolute atomic E-state index is 12.5. The third-order valence-corrected chi connectivity index (χ3v) is 6.70. The molecule has 3 rings (SSSR count). The third-order valence-electron chi connectivity index (χ3n) is 5.97. The molecule has 1 unspecified atom stereocenters. The summed E-state index contributed by atoms with van der Waals surface area (Å²) in [5.41, 5.74) is 1.45. The van der Waals surface area contributed by atoms with Crippen LogP contribution in [-0.4, -0.2) is 58.9 Å². The largest absolute Gasteiger partial charge is 0.335 e. The van der Waals surface area contributed by atoms with E-state index in [0.717, 1.165) is 32.4 Å². The van der Waals surface area contributed by atoms with Crippen molar-refractivity contribution >= 4 is 23.3 Å². The van der Waals surface area contributed by atoms with E-state index >= 15 is 0 Å². The van der Waals surface area contributed by atoms with Gasteiger partial charge in [0.05, 0.1) is 0 Å². The van der Waals surface area contributed by atoms with Crippen molar-refractivity contribution in [2.45, 2.75) is 58.7 Å². The second-order valence-corrected chi connectivity index (χ2v) is 8.62. The molecule has 2 fully saturated rings. The van der Waals surface area contributed by atoms with Crippen molar-refractivity contribution < 1.29 is 9.59 Å². The van der Waals surface area contributed by atoms with Gasteiger partial charge in [0.25, 0.3) is 0 Å². The minimum Gasteiger partial charge on any atom is -0.335 e. The molecule has 0 radical (unpaired) electrons. The van der Waals surface area contributed by atoms with E-state index in [-0.39, 0.29) is 23.4 Å². The van der Waals surface area contributed by atoms with E-state index in [2.05, 4.69) is 16.8 Å². The van der Waals surface area contributed by atoms with E-state index in [1.807, 2.05) is 30.7 Å². The predicted molar refractivity (Wildman–Crippen MR) is 100 cm³/mol. The summed E-state index contributed by atoms with van der Waals surface area (Å²) in [4.78, 5) is 30.5. The average molecular weight is 364 g/mol. The molecule has 0 bridgehead atoms. The Labute approximate surface area is 154 Å². The maximum Gasteiger partial charge on any atom is 0.319 e. The first-order valence-electron chi connectivity index (χ1n) is 9.14. The molecule has 1 aromatic heterocycles. The highest BCUT2D eigenvalue weighted by atomic mass is 32.1. The van der Waals surface area contributed by atoms with Gasteiger partial charge in [0, 0.05) is 45.7 Å². The highest BCUT2D eigenvalue weighted by molar-refractivity contribution is 7.07. The monoisotopic (exact) mass is 363 g/mol. The normalized spacial score (nSPS) is 21.5. The maximum atomic E-state index is 12.5.